The Labute approximate surface area is 298 Å². The van der Waals surface area contributed by atoms with Gasteiger partial charge in [-0.1, -0.05) is 6.07 Å². The molecule has 6 rings (SSSR count). The molecule has 19 nitrogen and oxygen atoms in total. The van der Waals surface area contributed by atoms with Crippen molar-refractivity contribution in [1.82, 2.24) is 0 Å². The van der Waals surface area contributed by atoms with E-state index >= 15 is 0 Å². The number of carbonyl (C=O) groups is 1. The number of rotatable bonds is 8. The molecule has 3 aliphatic heterocycles. The molecule has 0 saturated carbocycles. The van der Waals surface area contributed by atoms with Gasteiger partial charge < -0.3 is 89.7 Å². The molecule has 11 atom stereocenters. The fourth-order valence-electron chi connectivity index (χ4n) is 5.93. The van der Waals surface area contributed by atoms with E-state index in [1.807, 2.05) is 0 Å². The number of hydrogen-bond donors (Lipinski definition) is 12. The first-order valence-electron chi connectivity index (χ1n) is 16.0. The third-order valence-electron chi connectivity index (χ3n) is 8.88. The Hall–Kier alpha value is -5.25. The molecule has 0 spiro atoms. The third kappa shape index (κ3) is 7.36. The second-order valence-electron chi connectivity index (χ2n) is 12.6. The molecule has 0 radical (unpaired) electrons. The van der Waals surface area contributed by atoms with Gasteiger partial charge in [-0.2, -0.15) is 0 Å². The predicted octanol–water partition coefficient (Wildman–Crippen LogP) is -0.367. The topological polar surface area (TPSA) is 315 Å². The average molecular weight is 749 g/mol. The van der Waals surface area contributed by atoms with Gasteiger partial charge in [0.2, 0.25) is 6.29 Å². The van der Waals surface area contributed by atoms with Crippen molar-refractivity contribution in [2.45, 2.75) is 74.4 Å². The highest BCUT2D eigenvalue weighted by Gasteiger charge is 2.50. The van der Waals surface area contributed by atoms with Crippen LogP contribution in [-0.2, 0) is 23.7 Å². The van der Waals surface area contributed by atoms with Crippen LogP contribution in [0.3, 0.4) is 0 Å². The lowest BCUT2D eigenvalue weighted by Crippen LogP contribution is -2.62. The monoisotopic (exact) mass is 748 g/mol. The summed E-state index contributed by atoms with van der Waals surface area (Å²) in [5.74, 6) is -6.22. The van der Waals surface area contributed by atoms with E-state index in [4.69, 9.17) is 28.4 Å². The summed E-state index contributed by atoms with van der Waals surface area (Å²) in [7, 11) is 0. The smallest absolute Gasteiger partial charge is 0.339 e. The molecule has 286 valence electrons. The van der Waals surface area contributed by atoms with Gasteiger partial charge in [-0.15, -0.1) is 0 Å². The van der Waals surface area contributed by atoms with Crippen LogP contribution in [0.1, 0.15) is 34.5 Å². The normalized spacial score (nSPS) is 31.1. The van der Waals surface area contributed by atoms with Crippen LogP contribution in [0.2, 0.25) is 0 Å². The molecule has 3 aromatic carbocycles. The first-order chi connectivity index (χ1) is 25.0. The van der Waals surface area contributed by atoms with Gasteiger partial charge in [0.05, 0.1) is 23.8 Å². The number of carbonyl (C=O) groups excluding carboxylic acids is 1. The summed E-state index contributed by atoms with van der Waals surface area (Å²) in [6.45, 7) is 0.743. The maximum absolute atomic E-state index is 13.3. The molecular formula is C34H36O19. The highest BCUT2D eigenvalue weighted by Crippen LogP contribution is 2.46. The zero-order valence-electron chi connectivity index (χ0n) is 27.4. The van der Waals surface area contributed by atoms with Crippen molar-refractivity contribution in [3.05, 3.63) is 64.9 Å². The second-order valence-corrected chi connectivity index (χ2v) is 12.6. The van der Waals surface area contributed by atoms with Crippen LogP contribution in [0.5, 0.6) is 46.0 Å². The number of aromatic hydroxyl groups is 7. The Morgan fingerprint density at radius 3 is 2.09 bits per heavy atom. The third-order valence-corrected chi connectivity index (χ3v) is 8.88. The second kappa shape index (κ2) is 14.6. The van der Waals surface area contributed by atoms with E-state index in [-0.39, 0.29) is 28.4 Å². The van der Waals surface area contributed by atoms with Crippen molar-refractivity contribution in [3.8, 4) is 46.0 Å². The SMILES string of the molecule is CC1OC(OCC2OC(OC3=Cc4c(O)cc(O)cc4OC3c3ccc(O)c(O)c3)C(OC(=O)c3cc(O)c(O)c(O)c3)C(O)C2O)C(O)C(O)C1O. The van der Waals surface area contributed by atoms with Crippen molar-refractivity contribution in [2.24, 2.45) is 0 Å². The summed E-state index contributed by atoms with van der Waals surface area (Å²) in [6, 6.07) is 7.26. The van der Waals surface area contributed by atoms with E-state index in [1.54, 1.807) is 0 Å². The Morgan fingerprint density at radius 1 is 0.717 bits per heavy atom. The van der Waals surface area contributed by atoms with Gasteiger partial charge >= 0.3 is 5.97 Å². The van der Waals surface area contributed by atoms with Crippen LogP contribution < -0.4 is 4.74 Å². The predicted molar refractivity (Wildman–Crippen MR) is 172 cm³/mol. The zero-order valence-corrected chi connectivity index (χ0v) is 27.4. The lowest BCUT2D eigenvalue weighted by atomic mass is 9.97. The largest absolute Gasteiger partial charge is 0.508 e. The fraction of sp³-hybridized carbons (Fsp3) is 0.382. The molecule has 2 saturated heterocycles. The molecule has 0 aromatic heterocycles. The highest BCUT2D eigenvalue weighted by molar-refractivity contribution is 5.91. The van der Waals surface area contributed by atoms with Crippen LogP contribution in [0.4, 0.5) is 0 Å². The van der Waals surface area contributed by atoms with Crippen molar-refractivity contribution in [3.63, 3.8) is 0 Å². The number of benzene rings is 3. The van der Waals surface area contributed by atoms with E-state index in [0.717, 1.165) is 30.3 Å². The molecule has 3 heterocycles. The molecule has 0 amide bonds. The summed E-state index contributed by atoms with van der Waals surface area (Å²) in [5, 5.41) is 124. The van der Waals surface area contributed by atoms with Crippen molar-refractivity contribution < 1.29 is 94.5 Å². The first kappa shape index (κ1) is 37.5. The van der Waals surface area contributed by atoms with E-state index in [2.05, 4.69) is 0 Å². The van der Waals surface area contributed by atoms with Crippen LogP contribution in [0.15, 0.2) is 48.2 Å². The molecule has 2 fully saturated rings. The lowest BCUT2D eigenvalue weighted by Gasteiger charge is -2.44. The number of hydrogen-bond acceptors (Lipinski definition) is 19. The van der Waals surface area contributed by atoms with Gasteiger partial charge in [-0.05, 0) is 37.3 Å². The number of phenolic OH excluding ortho intramolecular Hbond substituents is 7. The van der Waals surface area contributed by atoms with Gasteiger partial charge in [0.1, 0.15) is 59.6 Å². The van der Waals surface area contributed by atoms with Gasteiger partial charge in [-0.3, -0.25) is 0 Å². The van der Waals surface area contributed by atoms with Crippen LogP contribution in [0.25, 0.3) is 6.08 Å². The molecule has 53 heavy (non-hydrogen) atoms. The fourth-order valence-corrected chi connectivity index (χ4v) is 5.93. The summed E-state index contributed by atoms with van der Waals surface area (Å²) >= 11 is 0. The number of ether oxygens (including phenoxy) is 6. The maximum Gasteiger partial charge on any atom is 0.339 e. The van der Waals surface area contributed by atoms with Gasteiger partial charge in [0, 0.05) is 17.7 Å². The minimum Gasteiger partial charge on any atom is -0.508 e. The Morgan fingerprint density at radius 2 is 1.42 bits per heavy atom. The Kier molecular flexibility index (Phi) is 10.4. The van der Waals surface area contributed by atoms with Gasteiger partial charge in [0.15, 0.2) is 47.2 Å². The number of esters is 1. The summed E-state index contributed by atoms with van der Waals surface area (Å²) in [4.78, 5) is 13.3. The maximum atomic E-state index is 13.3. The first-order valence-corrected chi connectivity index (χ1v) is 16.0. The number of fused-ring (bicyclic) bond motifs is 1. The minimum atomic E-state index is -2.05. The van der Waals surface area contributed by atoms with Crippen molar-refractivity contribution in [2.75, 3.05) is 6.61 Å². The summed E-state index contributed by atoms with van der Waals surface area (Å²) in [6.07, 6.45) is -16.9. The van der Waals surface area contributed by atoms with Crippen LogP contribution in [0, 0.1) is 0 Å². The lowest BCUT2D eigenvalue weighted by molar-refractivity contribution is -0.324. The molecule has 0 bridgehead atoms. The number of aliphatic hydroxyl groups excluding tert-OH is 5. The highest BCUT2D eigenvalue weighted by atomic mass is 16.7. The molecule has 0 aliphatic carbocycles. The van der Waals surface area contributed by atoms with E-state index < -0.39 is 120 Å². The van der Waals surface area contributed by atoms with Gasteiger partial charge in [-0.25, -0.2) is 4.79 Å². The number of aliphatic hydroxyl groups is 5. The van der Waals surface area contributed by atoms with Crippen LogP contribution in [-0.4, -0.2) is 135 Å². The standard InChI is InChI=1S/C34H36O19/c1-11-24(41)27(44)29(46)33(49-11)48-10-23-26(43)28(45)31(53-32(47)13-5-19(39)25(42)20(40)6-13)34(52-23)51-22-9-15-17(37)7-14(35)8-21(15)50-30(22)12-2-3-16(36)18(38)4-12/h2-9,11,23-24,26-31,33-46H,10H2,1H3. The van der Waals surface area contributed by atoms with Gasteiger partial charge in [0.25, 0.3) is 0 Å². The molecule has 3 aromatic rings. The van der Waals surface area contributed by atoms with Crippen LogP contribution >= 0.6 is 0 Å². The molecule has 11 unspecified atom stereocenters. The van der Waals surface area contributed by atoms with E-state index in [9.17, 15) is 66.1 Å². The molecule has 12 N–H and O–H groups in total. The molecular weight excluding hydrogens is 712 g/mol. The Balaban J connectivity index is 1.35. The van der Waals surface area contributed by atoms with Crippen molar-refractivity contribution in [1.29, 1.82) is 0 Å². The van der Waals surface area contributed by atoms with Crippen molar-refractivity contribution >= 4 is 12.0 Å². The minimum absolute atomic E-state index is 0.0183. The Bertz CT molecular complexity index is 1860. The summed E-state index contributed by atoms with van der Waals surface area (Å²) in [5.41, 5.74) is -0.397. The van der Waals surface area contributed by atoms with E-state index in [1.165, 1.54) is 25.1 Å². The summed E-state index contributed by atoms with van der Waals surface area (Å²) < 4.78 is 34.5. The average Bonchev–Trinajstić information content (AvgIpc) is 3.11. The molecule has 19 heteroatoms. The molecule has 3 aliphatic rings. The zero-order chi connectivity index (χ0) is 38.5. The quantitative estimate of drug-likeness (QED) is 0.103. The number of phenols is 7. The van der Waals surface area contributed by atoms with E-state index in [0.29, 0.717) is 0 Å².